The highest BCUT2D eigenvalue weighted by Gasteiger charge is 2.15. The van der Waals surface area contributed by atoms with Crippen LogP contribution in [0.5, 0.6) is 5.75 Å². The number of halogens is 3. The summed E-state index contributed by atoms with van der Waals surface area (Å²) in [6, 6.07) is 9.72. The zero-order chi connectivity index (χ0) is 22.8. The topological polar surface area (TPSA) is 96.5 Å². The van der Waals surface area contributed by atoms with Gasteiger partial charge in [-0.15, -0.1) is 0 Å². The van der Waals surface area contributed by atoms with Crippen molar-refractivity contribution in [1.29, 1.82) is 0 Å². The predicted octanol–water partition coefficient (Wildman–Crippen LogP) is 5.11. The molecule has 0 aliphatic heterocycles. The number of anilines is 1. The number of hydrazine groups is 1. The number of unbranched alkanes of at least 4 members (excludes halogenated alkanes) is 1. The second-order valence-electron chi connectivity index (χ2n) is 6.52. The molecule has 0 atom stereocenters. The Hall–Kier alpha value is -2.29. The van der Waals surface area contributed by atoms with Crippen LogP contribution in [0, 0.1) is 0 Å². The lowest BCUT2D eigenvalue weighted by Gasteiger charge is -2.13. The van der Waals surface area contributed by atoms with Crippen molar-refractivity contribution in [3.05, 3.63) is 56.5 Å². The number of nitrogens with one attached hydrogen (secondary N) is 3. The van der Waals surface area contributed by atoms with E-state index in [1.807, 2.05) is 6.92 Å². The molecule has 0 radical (unpaired) electrons. The van der Waals surface area contributed by atoms with E-state index in [0.29, 0.717) is 32.6 Å². The van der Waals surface area contributed by atoms with Crippen molar-refractivity contribution < 1.29 is 19.1 Å². The highest BCUT2D eigenvalue weighted by molar-refractivity contribution is 9.10. The molecule has 7 nitrogen and oxygen atoms in total. The van der Waals surface area contributed by atoms with Crippen LogP contribution in [-0.2, 0) is 9.59 Å². The lowest BCUT2D eigenvalue weighted by Crippen LogP contribution is -2.42. The lowest BCUT2D eigenvalue weighted by atomic mass is 10.2. The number of hydrogen-bond acceptors (Lipinski definition) is 4. The van der Waals surface area contributed by atoms with Gasteiger partial charge in [-0.1, -0.05) is 52.5 Å². The molecule has 10 heteroatoms. The highest BCUT2D eigenvalue weighted by Crippen LogP contribution is 2.25. The van der Waals surface area contributed by atoms with Crippen LogP contribution in [0.3, 0.4) is 0 Å². The molecule has 0 unspecified atom stereocenters. The van der Waals surface area contributed by atoms with Crippen molar-refractivity contribution >= 4 is 62.5 Å². The summed E-state index contributed by atoms with van der Waals surface area (Å²) in [6.07, 6.45) is 1.60. The number of benzene rings is 2. The zero-order valence-corrected chi connectivity index (χ0v) is 19.9. The molecule has 0 aliphatic carbocycles. The Morgan fingerprint density at radius 2 is 1.74 bits per heavy atom. The molecule has 0 aliphatic rings. The first-order chi connectivity index (χ1) is 14.8. The molecule has 3 amide bonds. The molecule has 0 saturated heterocycles. The van der Waals surface area contributed by atoms with E-state index in [-0.39, 0.29) is 18.4 Å². The van der Waals surface area contributed by atoms with Gasteiger partial charge < -0.3 is 10.1 Å². The second-order valence-corrected chi connectivity index (χ2v) is 8.28. The van der Waals surface area contributed by atoms with Crippen LogP contribution in [0.25, 0.3) is 0 Å². The molecule has 0 fully saturated rings. The van der Waals surface area contributed by atoms with Gasteiger partial charge in [0.05, 0.1) is 22.9 Å². The summed E-state index contributed by atoms with van der Waals surface area (Å²) in [5, 5.41) is 3.34. The third-order valence-electron chi connectivity index (χ3n) is 4.04. The van der Waals surface area contributed by atoms with Crippen molar-refractivity contribution in [3.8, 4) is 5.75 Å². The van der Waals surface area contributed by atoms with Gasteiger partial charge in [0, 0.05) is 22.3 Å². The fourth-order valence-electron chi connectivity index (χ4n) is 2.42. The van der Waals surface area contributed by atoms with Gasteiger partial charge in [0.2, 0.25) is 11.8 Å². The van der Waals surface area contributed by atoms with E-state index in [9.17, 15) is 14.4 Å². The Labute approximate surface area is 198 Å². The predicted molar refractivity (Wildman–Crippen MR) is 124 cm³/mol. The maximum absolute atomic E-state index is 12.5. The van der Waals surface area contributed by atoms with Gasteiger partial charge in [-0.05, 0) is 42.8 Å². The summed E-state index contributed by atoms with van der Waals surface area (Å²) in [5.74, 6) is -1.03. The number of hydrogen-bond donors (Lipinski definition) is 3. The van der Waals surface area contributed by atoms with Gasteiger partial charge in [0.15, 0.2) is 0 Å². The molecule has 0 heterocycles. The molecule has 2 aromatic carbocycles. The Morgan fingerprint density at radius 1 is 1.00 bits per heavy atom. The van der Waals surface area contributed by atoms with E-state index in [0.717, 1.165) is 12.8 Å². The van der Waals surface area contributed by atoms with Crippen molar-refractivity contribution in [2.75, 3.05) is 11.9 Å². The maximum atomic E-state index is 12.5. The van der Waals surface area contributed by atoms with E-state index >= 15 is 0 Å². The van der Waals surface area contributed by atoms with Crippen LogP contribution >= 0.6 is 39.1 Å². The number of amides is 3. The molecule has 31 heavy (non-hydrogen) atoms. The van der Waals surface area contributed by atoms with Gasteiger partial charge in [-0.3, -0.25) is 25.2 Å². The molecule has 0 saturated carbocycles. The number of carbonyl (C=O) groups excluding carboxylic acids is 3. The van der Waals surface area contributed by atoms with Crippen LogP contribution in [0.2, 0.25) is 10.0 Å². The number of carbonyl (C=O) groups is 3. The van der Waals surface area contributed by atoms with Crippen LogP contribution in [0.1, 0.15) is 43.0 Å². The molecule has 2 aromatic rings. The van der Waals surface area contributed by atoms with Crippen molar-refractivity contribution in [3.63, 3.8) is 0 Å². The Kier molecular flexibility index (Phi) is 10.1. The Balaban J connectivity index is 1.83. The fourth-order valence-corrected chi connectivity index (χ4v) is 3.24. The first-order valence-corrected chi connectivity index (χ1v) is 11.1. The summed E-state index contributed by atoms with van der Waals surface area (Å²) in [7, 11) is 0. The zero-order valence-electron chi connectivity index (χ0n) is 16.8. The second kappa shape index (κ2) is 12.5. The summed E-state index contributed by atoms with van der Waals surface area (Å²) in [5.41, 5.74) is 5.32. The van der Waals surface area contributed by atoms with E-state index in [2.05, 4.69) is 32.1 Å². The minimum Gasteiger partial charge on any atom is -0.493 e. The molecule has 3 N–H and O–H groups in total. The fraction of sp³-hybridized carbons (Fsp3) is 0.286. The van der Waals surface area contributed by atoms with Gasteiger partial charge >= 0.3 is 0 Å². The summed E-state index contributed by atoms with van der Waals surface area (Å²) in [6.45, 7) is 2.52. The molecular weight excluding hydrogens is 509 g/mol. The first-order valence-electron chi connectivity index (χ1n) is 9.56. The Morgan fingerprint density at radius 3 is 2.45 bits per heavy atom. The average Bonchev–Trinajstić information content (AvgIpc) is 2.73. The monoisotopic (exact) mass is 529 g/mol. The van der Waals surface area contributed by atoms with E-state index in [1.54, 1.807) is 30.3 Å². The molecule has 0 spiro atoms. The van der Waals surface area contributed by atoms with Gasteiger partial charge in [-0.2, -0.15) is 0 Å². The minimum absolute atomic E-state index is 0.0943. The third-order valence-corrected chi connectivity index (χ3v) is 5.08. The van der Waals surface area contributed by atoms with Gasteiger partial charge in [-0.25, -0.2) is 0 Å². The summed E-state index contributed by atoms with van der Waals surface area (Å²) in [4.78, 5) is 36.5. The third kappa shape index (κ3) is 8.40. The standard InChI is InChI=1S/C21H22BrCl2N3O4/c1-2-3-10-31-18-7-4-13(22)11-15(18)21(30)27-26-20(29)9-8-19(28)25-17-6-5-14(23)12-16(17)24/h4-7,11-12H,2-3,8-10H2,1H3,(H,25,28)(H,26,29)(H,27,30). The summed E-state index contributed by atoms with van der Waals surface area (Å²) < 4.78 is 6.35. The highest BCUT2D eigenvalue weighted by atomic mass is 79.9. The average molecular weight is 531 g/mol. The molecule has 0 bridgehead atoms. The molecule has 166 valence electrons. The number of ether oxygens (including phenoxy) is 1. The summed E-state index contributed by atoms with van der Waals surface area (Å²) >= 11 is 15.1. The van der Waals surface area contributed by atoms with Crippen LogP contribution in [0.4, 0.5) is 5.69 Å². The number of rotatable bonds is 9. The quantitative estimate of drug-likeness (QED) is 0.310. The molecule has 0 aromatic heterocycles. The van der Waals surface area contributed by atoms with Crippen molar-refractivity contribution in [2.45, 2.75) is 32.6 Å². The Bertz CT molecular complexity index is 956. The first kappa shape index (κ1) is 25.0. The van der Waals surface area contributed by atoms with Crippen LogP contribution in [0.15, 0.2) is 40.9 Å². The van der Waals surface area contributed by atoms with Crippen LogP contribution < -0.4 is 20.9 Å². The normalized spacial score (nSPS) is 10.3. The van der Waals surface area contributed by atoms with E-state index in [1.165, 1.54) is 6.07 Å². The molecular formula is C21H22BrCl2N3O4. The van der Waals surface area contributed by atoms with Gasteiger partial charge in [0.25, 0.3) is 5.91 Å². The maximum Gasteiger partial charge on any atom is 0.273 e. The molecule has 2 rings (SSSR count). The van der Waals surface area contributed by atoms with E-state index < -0.39 is 17.7 Å². The minimum atomic E-state index is -0.529. The van der Waals surface area contributed by atoms with Crippen LogP contribution in [-0.4, -0.2) is 24.3 Å². The van der Waals surface area contributed by atoms with E-state index in [4.69, 9.17) is 27.9 Å². The van der Waals surface area contributed by atoms with Gasteiger partial charge in [0.1, 0.15) is 5.75 Å². The van der Waals surface area contributed by atoms with Crippen molar-refractivity contribution in [2.24, 2.45) is 0 Å². The van der Waals surface area contributed by atoms with Crippen molar-refractivity contribution in [1.82, 2.24) is 10.9 Å². The smallest absolute Gasteiger partial charge is 0.273 e. The lowest BCUT2D eigenvalue weighted by molar-refractivity contribution is -0.124. The largest absolute Gasteiger partial charge is 0.493 e. The SMILES string of the molecule is CCCCOc1ccc(Br)cc1C(=O)NNC(=O)CCC(=O)Nc1ccc(Cl)cc1Cl.